The van der Waals surface area contributed by atoms with Crippen LogP contribution < -0.4 is 5.32 Å². The molecule has 2 aromatic rings. The minimum absolute atomic E-state index is 0.0286. The Balaban J connectivity index is 1.40. The molecule has 1 saturated heterocycles. The molecule has 1 aliphatic carbocycles. The first-order valence-electron chi connectivity index (χ1n) is 11.6. The van der Waals surface area contributed by atoms with Crippen LogP contribution in [-0.2, 0) is 14.3 Å². The lowest BCUT2D eigenvalue weighted by atomic mass is 9.98. The summed E-state index contributed by atoms with van der Waals surface area (Å²) in [7, 11) is 0. The van der Waals surface area contributed by atoms with Crippen molar-refractivity contribution in [3.8, 4) is 11.1 Å². The third kappa shape index (κ3) is 5.38. The number of nitrogens with zero attached hydrogens (tertiary/aromatic N) is 1. The van der Waals surface area contributed by atoms with Crippen molar-refractivity contribution in [1.29, 1.82) is 0 Å². The fourth-order valence-corrected chi connectivity index (χ4v) is 5.52. The third-order valence-electron chi connectivity index (χ3n) is 6.67. The number of rotatable bonds is 8. The molecule has 0 radical (unpaired) electrons. The van der Waals surface area contributed by atoms with Gasteiger partial charge in [0.15, 0.2) is 0 Å². The van der Waals surface area contributed by atoms with E-state index in [2.05, 4.69) is 23.7 Å². The fourth-order valence-electron chi connectivity index (χ4n) is 4.84. The van der Waals surface area contributed by atoms with Crippen molar-refractivity contribution in [3.63, 3.8) is 0 Å². The first-order chi connectivity index (χ1) is 16.5. The molecule has 2 N–H and O–H groups in total. The number of piperidine rings is 1. The van der Waals surface area contributed by atoms with Gasteiger partial charge in [-0.25, -0.2) is 4.79 Å². The van der Waals surface area contributed by atoms with E-state index in [1.54, 1.807) is 16.7 Å². The minimum Gasteiger partial charge on any atom is -0.481 e. The maximum absolute atomic E-state index is 13.1. The van der Waals surface area contributed by atoms with Gasteiger partial charge in [-0.3, -0.25) is 9.59 Å². The summed E-state index contributed by atoms with van der Waals surface area (Å²) in [6.45, 7) is 1.36. The largest absolute Gasteiger partial charge is 0.481 e. The van der Waals surface area contributed by atoms with Gasteiger partial charge in [0, 0.05) is 30.7 Å². The zero-order valence-corrected chi connectivity index (χ0v) is 20.1. The standard InChI is InChI=1S/C26H30N2O5S/c1-34-17-12-14-28(15-13-17)25(31)23(10-11-24(29)30)27-26(32)33-16-22-20-8-4-2-6-18(20)19-7-3-5-9-21(19)22/h2-9,17,22-23H,10-16H2,1H3,(H,27,32)(H,29,30). The highest BCUT2D eigenvalue weighted by atomic mass is 32.2. The Morgan fingerprint density at radius 2 is 1.65 bits per heavy atom. The molecule has 1 fully saturated rings. The lowest BCUT2D eigenvalue weighted by Crippen LogP contribution is -2.51. The zero-order chi connectivity index (χ0) is 24.1. The number of aliphatic carboxylic acids is 1. The summed E-state index contributed by atoms with van der Waals surface area (Å²) in [5.74, 6) is -1.33. The molecule has 0 spiro atoms. The van der Waals surface area contributed by atoms with Crippen LogP contribution in [0, 0.1) is 0 Å². The van der Waals surface area contributed by atoms with Crippen LogP contribution in [-0.4, -0.2) is 65.2 Å². The number of amides is 2. The van der Waals surface area contributed by atoms with E-state index in [4.69, 9.17) is 9.84 Å². The molecule has 2 aromatic carbocycles. The van der Waals surface area contributed by atoms with E-state index in [0.29, 0.717) is 18.3 Å². The molecule has 1 aliphatic heterocycles. The van der Waals surface area contributed by atoms with E-state index in [9.17, 15) is 14.4 Å². The summed E-state index contributed by atoms with van der Waals surface area (Å²) in [5.41, 5.74) is 4.48. The Hall–Kier alpha value is -3.00. The average Bonchev–Trinajstić information content (AvgIpc) is 3.18. The van der Waals surface area contributed by atoms with Crippen LogP contribution in [0.2, 0.25) is 0 Å². The zero-order valence-electron chi connectivity index (χ0n) is 19.2. The van der Waals surface area contributed by atoms with Gasteiger partial charge in [-0.1, -0.05) is 48.5 Å². The Kier molecular flexibility index (Phi) is 7.77. The van der Waals surface area contributed by atoms with Crippen LogP contribution in [0.15, 0.2) is 48.5 Å². The van der Waals surface area contributed by atoms with Gasteiger partial charge in [-0.2, -0.15) is 11.8 Å². The molecule has 8 heteroatoms. The van der Waals surface area contributed by atoms with Crippen molar-refractivity contribution in [1.82, 2.24) is 10.2 Å². The van der Waals surface area contributed by atoms with Gasteiger partial charge in [-0.05, 0) is 47.8 Å². The van der Waals surface area contributed by atoms with Crippen LogP contribution in [0.4, 0.5) is 4.79 Å². The van der Waals surface area contributed by atoms with Gasteiger partial charge in [0.2, 0.25) is 5.91 Å². The molecule has 2 amide bonds. The number of alkyl carbamates (subject to hydrolysis) is 1. The molecule has 1 atom stereocenters. The Morgan fingerprint density at radius 3 is 2.21 bits per heavy atom. The molecule has 4 rings (SSSR count). The molecule has 0 saturated carbocycles. The second kappa shape index (κ2) is 11.0. The topological polar surface area (TPSA) is 95.9 Å². The lowest BCUT2D eigenvalue weighted by molar-refractivity contribution is -0.138. The molecule has 0 aromatic heterocycles. The van der Waals surface area contributed by atoms with Gasteiger partial charge >= 0.3 is 12.1 Å². The number of ether oxygens (including phenoxy) is 1. The number of likely N-dealkylation sites (tertiary alicyclic amines) is 1. The maximum Gasteiger partial charge on any atom is 0.407 e. The quantitative estimate of drug-likeness (QED) is 0.588. The van der Waals surface area contributed by atoms with Gasteiger partial charge < -0.3 is 20.1 Å². The minimum atomic E-state index is -1.01. The number of hydrogen-bond acceptors (Lipinski definition) is 5. The Labute approximate surface area is 203 Å². The summed E-state index contributed by atoms with van der Waals surface area (Å²) < 4.78 is 5.58. The van der Waals surface area contributed by atoms with Crippen molar-refractivity contribution < 1.29 is 24.2 Å². The van der Waals surface area contributed by atoms with Crippen LogP contribution in [0.5, 0.6) is 0 Å². The highest BCUT2D eigenvalue weighted by Gasteiger charge is 2.32. The van der Waals surface area contributed by atoms with Crippen molar-refractivity contribution in [2.75, 3.05) is 26.0 Å². The van der Waals surface area contributed by atoms with Gasteiger partial charge in [0.05, 0.1) is 0 Å². The first kappa shape index (κ1) is 24.1. The molecular formula is C26H30N2O5S. The van der Waals surface area contributed by atoms with Crippen molar-refractivity contribution in [2.24, 2.45) is 0 Å². The number of carboxylic acid groups (broad SMARTS) is 1. The molecule has 1 heterocycles. The van der Waals surface area contributed by atoms with Crippen LogP contribution in [0.25, 0.3) is 11.1 Å². The maximum atomic E-state index is 13.1. The van der Waals surface area contributed by atoms with E-state index in [1.165, 1.54) is 0 Å². The van der Waals surface area contributed by atoms with E-state index >= 15 is 0 Å². The monoisotopic (exact) mass is 482 g/mol. The number of benzene rings is 2. The molecular weight excluding hydrogens is 452 g/mol. The molecule has 2 aliphatic rings. The summed E-state index contributed by atoms with van der Waals surface area (Å²) >= 11 is 1.80. The van der Waals surface area contributed by atoms with Gasteiger partial charge in [0.25, 0.3) is 0 Å². The second-order valence-corrected chi connectivity index (χ2v) is 9.85. The normalized spacial score (nSPS) is 16.4. The fraction of sp³-hybridized carbons (Fsp3) is 0.423. The predicted molar refractivity (Wildman–Crippen MR) is 132 cm³/mol. The number of thioether (sulfide) groups is 1. The summed E-state index contributed by atoms with van der Waals surface area (Å²) in [5, 5.41) is 12.3. The van der Waals surface area contributed by atoms with Crippen LogP contribution in [0.1, 0.15) is 42.7 Å². The highest BCUT2D eigenvalue weighted by Crippen LogP contribution is 2.44. The number of carbonyl (C=O) groups excluding carboxylic acids is 2. The van der Waals surface area contributed by atoms with E-state index in [-0.39, 0.29) is 31.3 Å². The summed E-state index contributed by atoms with van der Waals surface area (Å²) in [6, 6.07) is 15.2. The van der Waals surface area contributed by atoms with Crippen molar-refractivity contribution >= 4 is 29.7 Å². The molecule has 180 valence electrons. The Morgan fingerprint density at radius 1 is 1.06 bits per heavy atom. The smallest absolute Gasteiger partial charge is 0.407 e. The van der Waals surface area contributed by atoms with Gasteiger partial charge in [0.1, 0.15) is 12.6 Å². The van der Waals surface area contributed by atoms with E-state index < -0.39 is 18.1 Å². The number of nitrogens with one attached hydrogen (secondary N) is 1. The summed E-state index contributed by atoms with van der Waals surface area (Å²) in [4.78, 5) is 38.7. The van der Waals surface area contributed by atoms with Gasteiger partial charge in [-0.15, -0.1) is 0 Å². The molecule has 7 nitrogen and oxygen atoms in total. The van der Waals surface area contributed by atoms with Crippen molar-refractivity contribution in [2.45, 2.75) is 42.9 Å². The van der Waals surface area contributed by atoms with Crippen LogP contribution >= 0.6 is 11.8 Å². The van der Waals surface area contributed by atoms with E-state index in [0.717, 1.165) is 35.1 Å². The highest BCUT2D eigenvalue weighted by molar-refractivity contribution is 7.99. The molecule has 1 unspecified atom stereocenters. The Bertz CT molecular complexity index is 1010. The van der Waals surface area contributed by atoms with Crippen LogP contribution in [0.3, 0.4) is 0 Å². The number of carbonyl (C=O) groups is 3. The lowest BCUT2D eigenvalue weighted by Gasteiger charge is -2.33. The average molecular weight is 483 g/mol. The predicted octanol–water partition coefficient (Wildman–Crippen LogP) is 4.11. The summed E-state index contributed by atoms with van der Waals surface area (Å²) in [6.07, 6.45) is 2.97. The molecule has 34 heavy (non-hydrogen) atoms. The van der Waals surface area contributed by atoms with Crippen molar-refractivity contribution in [3.05, 3.63) is 59.7 Å². The first-order valence-corrected chi connectivity index (χ1v) is 12.9. The number of hydrogen-bond donors (Lipinski definition) is 2. The third-order valence-corrected chi connectivity index (χ3v) is 7.81. The number of carboxylic acids is 1. The van der Waals surface area contributed by atoms with E-state index in [1.807, 2.05) is 36.4 Å². The number of fused-ring (bicyclic) bond motifs is 3. The SMILES string of the molecule is CSC1CCN(C(=O)C(CCC(=O)O)NC(=O)OCC2c3ccccc3-c3ccccc32)CC1. The molecule has 0 bridgehead atoms. The second-order valence-electron chi connectivity index (χ2n) is 8.72.